The molecule has 0 fully saturated rings. The van der Waals surface area contributed by atoms with E-state index < -0.39 is 10.0 Å². The molecule has 1 aliphatic heterocycles. The van der Waals surface area contributed by atoms with E-state index in [1.807, 2.05) is 6.92 Å². The summed E-state index contributed by atoms with van der Waals surface area (Å²) in [5, 5.41) is 3.18. The number of benzene rings is 2. The number of sulfonamides is 1. The van der Waals surface area contributed by atoms with Crippen LogP contribution in [0.3, 0.4) is 0 Å². The highest BCUT2D eigenvalue weighted by Gasteiger charge is 2.27. The van der Waals surface area contributed by atoms with E-state index in [0.717, 1.165) is 10.5 Å². The minimum Gasteiger partial charge on any atom is -0.324 e. The first-order chi connectivity index (χ1) is 11.8. The summed E-state index contributed by atoms with van der Waals surface area (Å²) in [4.78, 5) is 13.0. The Morgan fingerprint density at radius 1 is 1.24 bits per heavy atom. The van der Waals surface area contributed by atoms with Gasteiger partial charge >= 0.3 is 0 Å². The van der Waals surface area contributed by atoms with E-state index in [2.05, 4.69) is 10.0 Å². The molecule has 1 aliphatic rings. The van der Waals surface area contributed by atoms with E-state index in [1.54, 1.807) is 37.3 Å². The molecule has 0 radical (unpaired) electrons. The van der Waals surface area contributed by atoms with Gasteiger partial charge in [-0.1, -0.05) is 18.5 Å². The molecular formula is C17H17ClN2O3S2. The maximum absolute atomic E-state index is 12.7. The van der Waals surface area contributed by atoms with Crippen LogP contribution in [0.15, 0.2) is 46.2 Å². The van der Waals surface area contributed by atoms with Crippen molar-refractivity contribution in [2.45, 2.75) is 35.3 Å². The molecule has 1 amide bonds. The zero-order valence-corrected chi connectivity index (χ0v) is 16.1. The second-order valence-electron chi connectivity index (χ2n) is 5.73. The monoisotopic (exact) mass is 396 g/mol. The molecule has 25 heavy (non-hydrogen) atoms. The molecule has 1 atom stereocenters. The van der Waals surface area contributed by atoms with Crippen molar-refractivity contribution in [1.29, 1.82) is 0 Å². The summed E-state index contributed by atoms with van der Waals surface area (Å²) in [5.74, 6) is -0.101. The van der Waals surface area contributed by atoms with Gasteiger partial charge in [-0.05, 0) is 55.3 Å². The predicted octanol–water partition coefficient (Wildman–Crippen LogP) is 4.27. The second-order valence-corrected chi connectivity index (χ2v) is 9.09. The van der Waals surface area contributed by atoms with E-state index in [9.17, 15) is 13.2 Å². The topological polar surface area (TPSA) is 75.3 Å². The summed E-state index contributed by atoms with van der Waals surface area (Å²) in [5.41, 5.74) is 1.71. The van der Waals surface area contributed by atoms with Crippen LogP contribution in [0.4, 0.5) is 11.4 Å². The number of carbonyl (C=O) groups excluding carboxylic acids is 1. The zero-order valence-electron chi connectivity index (χ0n) is 13.7. The third-order valence-electron chi connectivity index (χ3n) is 3.88. The van der Waals surface area contributed by atoms with Crippen LogP contribution in [0.5, 0.6) is 0 Å². The number of nitrogens with one attached hydrogen (secondary N) is 2. The van der Waals surface area contributed by atoms with Gasteiger partial charge in [-0.25, -0.2) is 8.42 Å². The SMILES string of the molecule is CC[C@H]1Sc2ccc(S(=O)(=O)Nc3ccc(Cl)cc3C)cc2NC1=O. The summed E-state index contributed by atoms with van der Waals surface area (Å²) in [7, 11) is -3.77. The van der Waals surface area contributed by atoms with Gasteiger partial charge in [0.2, 0.25) is 5.91 Å². The molecule has 1 heterocycles. The van der Waals surface area contributed by atoms with Crippen molar-refractivity contribution in [1.82, 2.24) is 0 Å². The van der Waals surface area contributed by atoms with Gasteiger partial charge in [0.05, 0.1) is 21.5 Å². The Hall–Kier alpha value is -1.70. The summed E-state index contributed by atoms with van der Waals surface area (Å²) < 4.78 is 27.9. The number of thioether (sulfide) groups is 1. The predicted molar refractivity (Wildman–Crippen MR) is 102 cm³/mol. The lowest BCUT2D eigenvalue weighted by atomic mass is 10.2. The average Bonchev–Trinajstić information content (AvgIpc) is 2.56. The Morgan fingerprint density at radius 2 is 2.00 bits per heavy atom. The van der Waals surface area contributed by atoms with Gasteiger partial charge in [-0.2, -0.15) is 0 Å². The van der Waals surface area contributed by atoms with E-state index >= 15 is 0 Å². The van der Waals surface area contributed by atoms with Crippen molar-refractivity contribution in [3.63, 3.8) is 0 Å². The van der Waals surface area contributed by atoms with Gasteiger partial charge in [0.15, 0.2) is 0 Å². The first-order valence-electron chi connectivity index (χ1n) is 7.70. The molecule has 3 rings (SSSR count). The number of fused-ring (bicyclic) bond motifs is 1. The van der Waals surface area contributed by atoms with Gasteiger partial charge in [-0.15, -0.1) is 11.8 Å². The van der Waals surface area contributed by atoms with Crippen LogP contribution in [0.1, 0.15) is 18.9 Å². The Kier molecular flexibility index (Phi) is 4.99. The molecule has 0 saturated heterocycles. The normalized spacial score (nSPS) is 16.9. The maximum Gasteiger partial charge on any atom is 0.261 e. The van der Waals surface area contributed by atoms with Crippen LogP contribution in [-0.4, -0.2) is 19.6 Å². The van der Waals surface area contributed by atoms with Crippen molar-refractivity contribution in [3.8, 4) is 0 Å². The average molecular weight is 397 g/mol. The Bertz CT molecular complexity index is 945. The number of rotatable bonds is 4. The fraction of sp³-hybridized carbons (Fsp3) is 0.235. The van der Waals surface area contributed by atoms with Crippen LogP contribution in [-0.2, 0) is 14.8 Å². The first kappa shape index (κ1) is 18.1. The molecule has 8 heteroatoms. The lowest BCUT2D eigenvalue weighted by molar-refractivity contribution is -0.115. The number of hydrogen-bond acceptors (Lipinski definition) is 4. The van der Waals surface area contributed by atoms with Gasteiger partial charge < -0.3 is 5.32 Å². The quantitative estimate of drug-likeness (QED) is 0.809. The van der Waals surface area contributed by atoms with Crippen LogP contribution in [0.2, 0.25) is 5.02 Å². The van der Waals surface area contributed by atoms with Crippen LogP contribution >= 0.6 is 23.4 Å². The highest BCUT2D eigenvalue weighted by atomic mass is 35.5. The third-order valence-corrected chi connectivity index (χ3v) is 6.92. The minimum absolute atomic E-state index is 0.0939. The van der Waals surface area contributed by atoms with Crippen molar-refractivity contribution in [2.75, 3.05) is 10.0 Å². The molecule has 132 valence electrons. The fourth-order valence-electron chi connectivity index (χ4n) is 2.51. The van der Waals surface area contributed by atoms with E-state index in [4.69, 9.17) is 11.6 Å². The molecule has 2 aromatic rings. The fourth-order valence-corrected chi connectivity index (χ4v) is 4.92. The molecule has 5 nitrogen and oxygen atoms in total. The van der Waals surface area contributed by atoms with Gasteiger partial charge in [0.1, 0.15) is 0 Å². The zero-order chi connectivity index (χ0) is 18.2. The summed E-state index contributed by atoms with van der Waals surface area (Å²) in [6.07, 6.45) is 0.716. The largest absolute Gasteiger partial charge is 0.324 e. The van der Waals surface area contributed by atoms with E-state index in [-0.39, 0.29) is 16.1 Å². The highest BCUT2D eigenvalue weighted by molar-refractivity contribution is 8.01. The number of amides is 1. The van der Waals surface area contributed by atoms with Crippen LogP contribution in [0, 0.1) is 6.92 Å². The van der Waals surface area contributed by atoms with Gasteiger partial charge in [0, 0.05) is 9.92 Å². The third kappa shape index (κ3) is 3.78. The van der Waals surface area contributed by atoms with Gasteiger partial charge in [0.25, 0.3) is 10.0 Å². The molecule has 2 aromatic carbocycles. The Morgan fingerprint density at radius 3 is 2.68 bits per heavy atom. The van der Waals surface area contributed by atoms with E-state index in [1.165, 1.54) is 17.8 Å². The number of aryl methyl sites for hydroxylation is 1. The van der Waals surface area contributed by atoms with Crippen molar-refractivity contribution in [3.05, 3.63) is 47.0 Å². The van der Waals surface area contributed by atoms with Crippen molar-refractivity contribution < 1.29 is 13.2 Å². The molecular weight excluding hydrogens is 380 g/mol. The number of anilines is 2. The Labute approximate surface area is 156 Å². The van der Waals surface area contributed by atoms with Crippen molar-refractivity contribution in [2.24, 2.45) is 0 Å². The number of halogens is 1. The molecule has 0 unspecified atom stereocenters. The summed E-state index contributed by atoms with van der Waals surface area (Å²) in [6.45, 7) is 3.72. The summed E-state index contributed by atoms with van der Waals surface area (Å²) >= 11 is 7.35. The van der Waals surface area contributed by atoms with Crippen molar-refractivity contribution >= 4 is 50.7 Å². The lowest BCUT2D eigenvalue weighted by Crippen LogP contribution is -2.28. The second kappa shape index (κ2) is 6.90. The molecule has 2 N–H and O–H groups in total. The molecule has 0 saturated carbocycles. The Balaban J connectivity index is 1.91. The van der Waals surface area contributed by atoms with Gasteiger partial charge in [-0.3, -0.25) is 9.52 Å². The first-order valence-corrected chi connectivity index (χ1v) is 10.4. The molecule has 0 aromatic heterocycles. The summed E-state index contributed by atoms with van der Waals surface area (Å²) in [6, 6.07) is 9.70. The molecule has 0 aliphatic carbocycles. The minimum atomic E-state index is -3.77. The van der Waals surface area contributed by atoms with E-state index in [0.29, 0.717) is 22.8 Å². The maximum atomic E-state index is 12.7. The van der Waals surface area contributed by atoms with Crippen LogP contribution < -0.4 is 10.0 Å². The smallest absolute Gasteiger partial charge is 0.261 e. The highest BCUT2D eigenvalue weighted by Crippen LogP contribution is 2.38. The number of hydrogen-bond donors (Lipinski definition) is 2. The lowest BCUT2D eigenvalue weighted by Gasteiger charge is -2.23. The van der Waals surface area contributed by atoms with Crippen LogP contribution in [0.25, 0.3) is 0 Å². The standard InChI is InChI=1S/C17H17ClN2O3S2/c1-3-15-17(21)19-14-9-12(5-7-16(14)24-15)25(22,23)20-13-6-4-11(18)8-10(13)2/h4-9,15,20H,3H2,1-2H3,(H,19,21)/t15-/m1/s1. The molecule has 0 spiro atoms. The number of carbonyl (C=O) groups is 1. The molecule has 0 bridgehead atoms.